The summed E-state index contributed by atoms with van der Waals surface area (Å²) >= 11 is 1.73. The average Bonchev–Trinajstić information content (AvgIpc) is 2.64. The standard InChI is InChI=1S/C14H17NS/c1-9(2)12-6-5-7-13(11(12)4)14-15-10(3)8-16-14/h5-9H,1-4H3. The van der Waals surface area contributed by atoms with Crippen molar-refractivity contribution in [2.75, 3.05) is 0 Å². The van der Waals surface area contributed by atoms with Gasteiger partial charge in [0.2, 0.25) is 0 Å². The third-order valence-electron chi connectivity index (χ3n) is 2.85. The summed E-state index contributed by atoms with van der Waals surface area (Å²) in [6, 6.07) is 6.51. The van der Waals surface area contributed by atoms with Gasteiger partial charge in [0.25, 0.3) is 0 Å². The average molecular weight is 231 g/mol. The maximum Gasteiger partial charge on any atom is 0.123 e. The minimum atomic E-state index is 0.570. The number of benzene rings is 1. The molecule has 1 aromatic carbocycles. The SMILES string of the molecule is Cc1csc(-c2cccc(C(C)C)c2C)n1. The van der Waals surface area contributed by atoms with Gasteiger partial charge in [0.05, 0.1) is 0 Å². The molecule has 0 bridgehead atoms. The second-order valence-electron chi connectivity index (χ2n) is 4.47. The molecule has 0 aliphatic heterocycles. The number of hydrogen-bond acceptors (Lipinski definition) is 2. The molecule has 1 aromatic heterocycles. The van der Waals surface area contributed by atoms with Gasteiger partial charge in [0.1, 0.15) is 5.01 Å². The Labute approximate surface area is 101 Å². The summed E-state index contributed by atoms with van der Waals surface area (Å²) in [4.78, 5) is 4.56. The van der Waals surface area contributed by atoms with Gasteiger partial charge in [-0.25, -0.2) is 4.98 Å². The first-order valence-corrected chi connectivity index (χ1v) is 6.49. The quantitative estimate of drug-likeness (QED) is 0.739. The molecular formula is C14H17NS. The topological polar surface area (TPSA) is 12.9 Å². The summed E-state index contributed by atoms with van der Waals surface area (Å²) < 4.78 is 0. The van der Waals surface area contributed by atoms with Crippen LogP contribution >= 0.6 is 11.3 Å². The fraction of sp³-hybridized carbons (Fsp3) is 0.357. The largest absolute Gasteiger partial charge is 0.241 e. The van der Waals surface area contributed by atoms with Crippen LogP contribution in [0.5, 0.6) is 0 Å². The first-order valence-electron chi connectivity index (χ1n) is 5.61. The van der Waals surface area contributed by atoms with E-state index in [9.17, 15) is 0 Å². The Bertz CT molecular complexity index is 497. The first-order chi connectivity index (χ1) is 7.59. The van der Waals surface area contributed by atoms with Crippen LogP contribution in [0.1, 0.15) is 36.6 Å². The molecule has 0 aliphatic rings. The van der Waals surface area contributed by atoms with Crippen LogP contribution in [0, 0.1) is 13.8 Å². The lowest BCUT2D eigenvalue weighted by molar-refractivity contribution is 0.857. The molecule has 0 saturated heterocycles. The molecule has 16 heavy (non-hydrogen) atoms. The maximum atomic E-state index is 4.56. The monoisotopic (exact) mass is 231 g/mol. The smallest absolute Gasteiger partial charge is 0.123 e. The summed E-state index contributed by atoms with van der Waals surface area (Å²) in [5.41, 5.74) is 5.18. The van der Waals surface area contributed by atoms with Crippen molar-refractivity contribution in [3.63, 3.8) is 0 Å². The molecule has 0 saturated carbocycles. The lowest BCUT2D eigenvalue weighted by Gasteiger charge is -2.12. The number of thiazole rings is 1. The molecule has 1 heterocycles. The Morgan fingerprint density at radius 1 is 1.19 bits per heavy atom. The number of aromatic nitrogens is 1. The van der Waals surface area contributed by atoms with Crippen molar-refractivity contribution in [3.05, 3.63) is 40.4 Å². The Morgan fingerprint density at radius 2 is 1.94 bits per heavy atom. The predicted octanol–water partition coefficient (Wildman–Crippen LogP) is 4.55. The van der Waals surface area contributed by atoms with Crippen molar-refractivity contribution in [3.8, 4) is 10.6 Å². The van der Waals surface area contributed by atoms with E-state index in [1.54, 1.807) is 11.3 Å². The van der Waals surface area contributed by atoms with Gasteiger partial charge in [-0.3, -0.25) is 0 Å². The van der Waals surface area contributed by atoms with Gasteiger partial charge in [-0.2, -0.15) is 0 Å². The summed E-state index contributed by atoms with van der Waals surface area (Å²) in [5.74, 6) is 0.570. The van der Waals surface area contributed by atoms with Crippen molar-refractivity contribution in [1.29, 1.82) is 0 Å². The van der Waals surface area contributed by atoms with Crippen LogP contribution in [0.25, 0.3) is 10.6 Å². The van der Waals surface area contributed by atoms with Gasteiger partial charge in [-0.1, -0.05) is 32.0 Å². The summed E-state index contributed by atoms with van der Waals surface area (Å²) in [6.45, 7) is 8.71. The molecule has 0 unspecified atom stereocenters. The van der Waals surface area contributed by atoms with Crippen molar-refractivity contribution < 1.29 is 0 Å². The van der Waals surface area contributed by atoms with Crippen molar-refractivity contribution >= 4 is 11.3 Å². The molecule has 0 amide bonds. The van der Waals surface area contributed by atoms with E-state index < -0.39 is 0 Å². The van der Waals surface area contributed by atoms with Gasteiger partial charge < -0.3 is 0 Å². The van der Waals surface area contributed by atoms with Crippen LogP contribution < -0.4 is 0 Å². The Balaban J connectivity index is 2.54. The van der Waals surface area contributed by atoms with Gasteiger partial charge in [0, 0.05) is 16.6 Å². The van der Waals surface area contributed by atoms with Crippen molar-refractivity contribution in [1.82, 2.24) is 4.98 Å². The van der Waals surface area contributed by atoms with Crippen LogP contribution in [0.3, 0.4) is 0 Å². The van der Waals surface area contributed by atoms with Crippen molar-refractivity contribution in [2.24, 2.45) is 0 Å². The minimum Gasteiger partial charge on any atom is -0.241 e. The third kappa shape index (κ3) is 2.03. The minimum absolute atomic E-state index is 0.570. The van der Waals surface area contributed by atoms with E-state index in [0.29, 0.717) is 5.92 Å². The van der Waals surface area contributed by atoms with E-state index in [-0.39, 0.29) is 0 Å². The highest BCUT2D eigenvalue weighted by Crippen LogP contribution is 2.31. The van der Waals surface area contributed by atoms with E-state index >= 15 is 0 Å². The van der Waals surface area contributed by atoms with Gasteiger partial charge in [0.15, 0.2) is 0 Å². The molecule has 0 spiro atoms. The van der Waals surface area contributed by atoms with Crippen LogP contribution in [-0.2, 0) is 0 Å². The maximum absolute atomic E-state index is 4.56. The van der Waals surface area contributed by atoms with Crippen LogP contribution in [-0.4, -0.2) is 4.98 Å². The zero-order chi connectivity index (χ0) is 11.7. The molecule has 0 N–H and O–H groups in total. The molecular weight excluding hydrogens is 214 g/mol. The second-order valence-corrected chi connectivity index (χ2v) is 5.33. The number of hydrogen-bond donors (Lipinski definition) is 0. The fourth-order valence-electron chi connectivity index (χ4n) is 1.99. The Hall–Kier alpha value is -1.15. The van der Waals surface area contributed by atoms with Crippen LogP contribution in [0.15, 0.2) is 23.6 Å². The summed E-state index contributed by atoms with van der Waals surface area (Å²) in [7, 11) is 0. The highest BCUT2D eigenvalue weighted by atomic mass is 32.1. The van der Waals surface area contributed by atoms with Gasteiger partial charge in [-0.15, -0.1) is 11.3 Å². The van der Waals surface area contributed by atoms with Crippen LogP contribution in [0.4, 0.5) is 0 Å². The zero-order valence-corrected chi connectivity index (χ0v) is 11.1. The normalized spacial score (nSPS) is 11.1. The number of aryl methyl sites for hydroxylation is 1. The molecule has 2 heteroatoms. The highest BCUT2D eigenvalue weighted by Gasteiger charge is 2.10. The van der Waals surface area contributed by atoms with Gasteiger partial charge in [-0.05, 0) is 30.9 Å². The Morgan fingerprint density at radius 3 is 2.50 bits per heavy atom. The van der Waals surface area contributed by atoms with E-state index in [0.717, 1.165) is 10.7 Å². The lowest BCUT2D eigenvalue weighted by Crippen LogP contribution is -1.94. The molecule has 2 aromatic rings. The number of nitrogens with zero attached hydrogens (tertiary/aromatic N) is 1. The molecule has 0 aliphatic carbocycles. The molecule has 84 valence electrons. The van der Waals surface area contributed by atoms with Crippen molar-refractivity contribution in [2.45, 2.75) is 33.6 Å². The third-order valence-corrected chi connectivity index (χ3v) is 3.84. The first kappa shape index (κ1) is 11.3. The predicted molar refractivity (Wildman–Crippen MR) is 71.1 cm³/mol. The zero-order valence-electron chi connectivity index (χ0n) is 10.2. The summed E-state index contributed by atoms with van der Waals surface area (Å²) in [6.07, 6.45) is 0. The summed E-state index contributed by atoms with van der Waals surface area (Å²) in [5, 5.41) is 3.24. The molecule has 2 rings (SSSR count). The lowest BCUT2D eigenvalue weighted by atomic mass is 9.94. The van der Waals surface area contributed by atoms with Gasteiger partial charge >= 0.3 is 0 Å². The van der Waals surface area contributed by atoms with E-state index in [1.165, 1.54) is 16.7 Å². The van der Waals surface area contributed by atoms with E-state index in [2.05, 4.69) is 49.3 Å². The number of rotatable bonds is 2. The van der Waals surface area contributed by atoms with Crippen LogP contribution in [0.2, 0.25) is 0 Å². The molecule has 0 fully saturated rings. The second kappa shape index (κ2) is 4.38. The molecule has 1 nitrogen and oxygen atoms in total. The highest BCUT2D eigenvalue weighted by molar-refractivity contribution is 7.13. The van der Waals surface area contributed by atoms with E-state index in [1.807, 2.05) is 6.92 Å². The van der Waals surface area contributed by atoms with E-state index in [4.69, 9.17) is 0 Å². The molecule has 0 radical (unpaired) electrons. The fourth-order valence-corrected chi connectivity index (χ4v) is 2.87. The Kier molecular flexibility index (Phi) is 3.10. The molecule has 0 atom stereocenters.